The van der Waals surface area contributed by atoms with E-state index in [1.54, 1.807) is 6.07 Å². The van der Waals surface area contributed by atoms with Gasteiger partial charge in [-0.15, -0.1) is 0 Å². The third-order valence-corrected chi connectivity index (χ3v) is 5.54. The van der Waals surface area contributed by atoms with E-state index < -0.39 is 0 Å². The van der Waals surface area contributed by atoms with Gasteiger partial charge in [-0.25, -0.2) is 4.79 Å². The van der Waals surface area contributed by atoms with Crippen LogP contribution in [0.2, 0.25) is 5.02 Å². The highest BCUT2D eigenvalue weighted by molar-refractivity contribution is 9.10. The van der Waals surface area contributed by atoms with E-state index in [4.69, 9.17) is 16.3 Å². The van der Waals surface area contributed by atoms with Crippen molar-refractivity contribution in [1.82, 2.24) is 0 Å². The SMILES string of the molecule is COC(=O)C(Nc1ccc(Cl)c(Br)c1)C1CCSC1. The van der Waals surface area contributed by atoms with Crippen LogP contribution in [0.25, 0.3) is 0 Å². The summed E-state index contributed by atoms with van der Waals surface area (Å²) in [5, 5.41) is 3.91. The molecule has 1 fully saturated rings. The highest BCUT2D eigenvalue weighted by Crippen LogP contribution is 2.30. The molecule has 0 radical (unpaired) electrons. The normalized spacial score (nSPS) is 20.1. The van der Waals surface area contributed by atoms with Crippen LogP contribution in [0.15, 0.2) is 22.7 Å². The predicted molar refractivity (Wildman–Crippen MR) is 84.0 cm³/mol. The van der Waals surface area contributed by atoms with Crippen molar-refractivity contribution in [3.8, 4) is 0 Å². The van der Waals surface area contributed by atoms with Gasteiger partial charge in [-0.05, 0) is 58.0 Å². The van der Waals surface area contributed by atoms with Gasteiger partial charge in [0.1, 0.15) is 6.04 Å². The van der Waals surface area contributed by atoms with E-state index in [0.29, 0.717) is 10.9 Å². The van der Waals surface area contributed by atoms with Crippen molar-refractivity contribution in [3.05, 3.63) is 27.7 Å². The second-order valence-corrected chi connectivity index (χ2v) is 6.81. The van der Waals surface area contributed by atoms with Gasteiger partial charge >= 0.3 is 5.97 Å². The van der Waals surface area contributed by atoms with Crippen LogP contribution in [0, 0.1) is 5.92 Å². The molecule has 1 heterocycles. The summed E-state index contributed by atoms with van der Waals surface area (Å²) in [6.45, 7) is 0. The molecule has 1 aliphatic heterocycles. The van der Waals surface area contributed by atoms with Crippen LogP contribution in [0.4, 0.5) is 5.69 Å². The molecule has 1 aromatic rings. The molecule has 104 valence electrons. The van der Waals surface area contributed by atoms with Crippen LogP contribution in [0.1, 0.15) is 6.42 Å². The maximum atomic E-state index is 11.9. The Morgan fingerprint density at radius 2 is 2.42 bits per heavy atom. The van der Waals surface area contributed by atoms with Crippen molar-refractivity contribution in [2.45, 2.75) is 12.5 Å². The van der Waals surface area contributed by atoms with E-state index in [0.717, 1.165) is 28.1 Å². The maximum absolute atomic E-state index is 11.9. The summed E-state index contributed by atoms with van der Waals surface area (Å²) in [4.78, 5) is 11.9. The van der Waals surface area contributed by atoms with Gasteiger partial charge in [0, 0.05) is 10.2 Å². The van der Waals surface area contributed by atoms with Gasteiger partial charge in [-0.3, -0.25) is 0 Å². The molecule has 2 atom stereocenters. The number of carbonyl (C=O) groups excluding carboxylic acids is 1. The lowest BCUT2D eigenvalue weighted by atomic mass is 9.99. The van der Waals surface area contributed by atoms with Crippen LogP contribution in [0.3, 0.4) is 0 Å². The summed E-state index contributed by atoms with van der Waals surface area (Å²) in [6, 6.07) is 5.24. The standard InChI is InChI=1S/C13H15BrClNO2S/c1-18-13(17)12(8-4-5-19-7-8)16-9-2-3-11(15)10(14)6-9/h2-3,6,8,12,16H,4-5,7H2,1H3. The Labute approximate surface area is 130 Å². The van der Waals surface area contributed by atoms with Crippen LogP contribution in [0.5, 0.6) is 0 Å². The summed E-state index contributed by atoms with van der Waals surface area (Å²) in [5.41, 5.74) is 0.864. The van der Waals surface area contributed by atoms with E-state index in [2.05, 4.69) is 21.2 Å². The number of ether oxygens (including phenoxy) is 1. The molecule has 2 unspecified atom stereocenters. The molecule has 0 bridgehead atoms. The number of methoxy groups -OCH3 is 1. The van der Waals surface area contributed by atoms with Crippen LogP contribution in [-0.2, 0) is 9.53 Å². The number of halogens is 2. The molecule has 1 saturated heterocycles. The quantitative estimate of drug-likeness (QED) is 0.825. The minimum absolute atomic E-state index is 0.210. The first-order valence-corrected chi connectivity index (χ1v) is 8.31. The number of esters is 1. The molecular formula is C13H15BrClNO2S. The Hall–Kier alpha value is -0.390. The van der Waals surface area contributed by atoms with E-state index in [-0.39, 0.29) is 12.0 Å². The van der Waals surface area contributed by atoms with E-state index >= 15 is 0 Å². The van der Waals surface area contributed by atoms with Crippen LogP contribution < -0.4 is 5.32 Å². The highest BCUT2D eigenvalue weighted by Gasteiger charge is 2.31. The largest absolute Gasteiger partial charge is 0.467 e. The number of rotatable bonds is 4. The molecule has 0 aliphatic carbocycles. The van der Waals surface area contributed by atoms with Crippen LogP contribution in [-0.4, -0.2) is 30.6 Å². The zero-order chi connectivity index (χ0) is 13.8. The molecule has 3 nitrogen and oxygen atoms in total. The fourth-order valence-corrected chi connectivity index (χ4v) is 3.87. The second kappa shape index (κ2) is 6.86. The molecule has 1 aliphatic rings. The lowest BCUT2D eigenvalue weighted by molar-refractivity contribution is -0.142. The Morgan fingerprint density at radius 3 is 3.00 bits per heavy atom. The zero-order valence-electron chi connectivity index (χ0n) is 10.5. The van der Waals surface area contributed by atoms with Gasteiger partial charge in [0.05, 0.1) is 12.1 Å². The summed E-state index contributed by atoms with van der Waals surface area (Å²) in [5.74, 6) is 2.19. The highest BCUT2D eigenvalue weighted by atomic mass is 79.9. The topological polar surface area (TPSA) is 38.3 Å². The Bertz CT molecular complexity index is 466. The van der Waals surface area contributed by atoms with E-state index in [9.17, 15) is 4.79 Å². The van der Waals surface area contributed by atoms with Gasteiger partial charge in [0.2, 0.25) is 0 Å². The fraction of sp³-hybridized carbons (Fsp3) is 0.462. The molecule has 19 heavy (non-hydrogen) atoms. The number of hydrogen-bond donors (Lipinski definition) is 1. The van der Waals surface area contributed by atoms with Gasteiger partial charge in [0.25, 0.3) is 0 Å². The Balaban J connectivity index is 2.14. The first-order valence-electron chi connectivity index (χ1n) is 5.99. The third-order valence-electron chi connectivity index (χ3n) is 3.13. The van der Waals surface area contributed by atoms with Gasteiger partial charge in [-0.1, -0.05) is 11.6 Å². The molecule has 1 N–H and O–H groups in total. The predicted octanol–water partition coefficient (Wildman–Crippen LogP) is 3.81. The Morgan fingerprint density at radius 1 is 1.63 bits per heavy atom. The lowest BCUT2D eigenvalue weighted by Gasteiger charge is -2.23. The number of nitrogens with one attached hydrogen (secondary N) is 1. The van der Waals surface area contributed by atoms with Crippen molar-refractivity contribution in [3.63, 3.8) is 0 Å². The first-order chi connectivity index (χ1) is 9.11. The van der Waals surface area contributed by atoms with E-state index in [1.165, 1.54) is 7.11 Å². The molecular weight excluding hydrogens is 350 g/mol. The Kier molecular flexibility index (Phi) is 5.42. The maximum Gasteiger partial charge on any atom is 0.328 e. The first kappa shape index (κ1) is 15.0. The molecule has 1 aromatic carbocycles. The number of hydrogen-bond acceptors (Lipinski definition) is 4. The summed E-state index contributed by atoms with van der Waals surface area (Å²) in [6.07, 6.45) is 1.03. The molecule has 6 heteroatoms. The molecule has 0 aromatic heterocycles. The summed E-state index contributed by atoms with van der Waals surface area (Å²) in [7, 11) is 1.43. The zero-order valence-corrected chi connectivity index (χ0v) is 13.6. The monoisotopic (exact) mass is 363 g/mol. The fourth-order valence-electron chi connectivity index (χ4n) is 2.08. The molecule has 0 spiro atoms. The third kappa shape index (κ3) is 3.80. The van der Waals surface area contributed by atoms with Crippen molar-refractivity contribution < 1.29 is 9.53 Å². The number of thioether (sulfide) groups is 1. The summed E-state index contributed by atoms with van der Waals surface area (Å²) < 4.78 is 5.71. The molecule has 0 saturated carbocycles. The van der Waals surface area contributed by atoms with Crippen molar-refractivity contribution >= 4 is 50.9 Å². The number of benzene rings is 1. The van der Waals surface area contributed by atoms with Crippen LogP contribution >= 0.6 is 39.3 Å². The van der Waals surface area contributed by atoms with Gasteiger partial charge in [0.15, 0.2) is 0 Å². The molecule has 2 rings (SSSR count). The number of carbonyl (C=O) groups is 1. The lowest BCUT2D eigenvalue weighted by Crippen LogP contribution is -2.38. The minimum Gasteiger partial charge on any atom is -0.467 e. The average Bonchev–Trinajstić information content (AvgIpc) is 2.93. The van der Waals surface area contributed by atoms with Crippen molar-refractivity contribution in [2.75, 3.05) is 23.9 Å². The van der Waals surface area contributed by atoms with Crippen molar-refractivity contribution in [1.29, 1.82) is 0 Å². The van der Waals surface area contributed by atoms with Gasteiger partial charge in [-0.2, -0.15) is 11.8 Å². The minimum atomic E-state index is -0.298. The second-order valence-electron chi connectivity index (χ2n) is 4.40. The summed E-state index contributed by atoms with van der Waals surface area (Å²) >= 11 is 11.2. The smallest absolute Gasteiger partial charge is 0.328 e. The molecule has 0 amide bonds. The van der Waals surface area contributed by atoms with E-state index in [1.807, 2.05) is 23.9 Å². The number of anilines is 1. The average molecular weight is 365 g/mol. The van der Waals surface area contributed by atoms with Gasteiger partial charge < -0.3 is 10.1 Å². The van der Waals surface area contributed by atoms with Crippen molar-refractivity contribution in [2.24, 2.45) is 5.92 Å².